The molecule has 0 fully saturated rings. The minimum atomic E-state index is -2.42. The average Bonchev–Trinajstić information content (AvgIpc) is 2.46. The van der Waals surface area contributed by atoms with Crippen LogP contribution in [0.1, 0.15) is 36.2 Å². The maximum Gasteiger partial charge on any atom is 0.263 e. The number of alkyl halides is 2. The Morgan fingerprint density at radius 2 is 2.00 bits per heavy atom. The molecule has 100 valence electrons. The second-order valence-corrected chi connectivity index (χ2v) is 4.40. The second kappa shape index (κ2) is 6.38. The summed E-state index contributed by atoms with van der Waals surface area (Å²) in [6.07, 6.45) is -0.682. The maximum absolute atomic E-state index is 12.6. The van der Waals surface area contributed by atoms with E-state index in [0.29, 0.717) is 6.54 Å². The minimum Gasteiger partial charge on any atom is -0.305 e. The summed E-state index contributed by atoms with van der Waals surface area (Å²) >= 11 is 0. The van der Waals surface area contributed by atoms with Crippen LogP contribution in [0.3, 0.4) is 0 Å². The Balaban J connectivity index is 1.97. The molecule has 0 amide bonds. The standard InChI is InChI=1S/C15H16F2N2/c1-11(14-7-2-3-8-18-14)19-10-12-5-4-6-13(9-12)15(16)17/h2-9,11,15,19H,10H2,1H3/t11-/m1/s1. The largest absolute Gasteiger partial charge is 0.305 e. The zero-order valence-corrected chi connectivity index (χ0v) is 10.7. The van der Waals surface area contributed by atoms with Crippen LogP contribution in [0.25, 0.3) is 0 Å². The molecule has 1 N–H and O–H groups in total. The fourth-order valence-electron chi connectivity index (χ4n) is 1.85. The van der Waals surface area contributed by atoms with Gasteiger partial charge in [-0.1, -0.05) is 24.3 Å². The highest BCUT2D eigenvalue weighted by molar-refractivity contribution is 5.24. The first-order chi connectivity index (χ1) is 9.16. The van der Waals surface area contributed by atoms with Crippen LogP contribution in [0, 0.1) is 0 Å². The highest BCUT2D eigenvalue weighted by Gasteiger charge is 2.08. The Morgan fingerprint density at radius 1 is 1.16 bits per heavy atom. The molecule has 19 heavy (non-hydrogen) atoms. The predicted octanol–water partition coefficient (Wildman–Crippen LogP) is 3.87. The van der Waals surface area contributed by atoms with E-state index in [0.717, 1.165) is 11.3 Å². The van der Waals surface area contributed by atoms with Gasteiger partial charge in [-0.2, -0.15) is 0 Å². The third kappa shape index (κ3) is 3.83. The Hall–Kier alpha value is -1.81. The second-order valence-electron chi connectivity index (χ2n) is 4.40. The number of aromatic nitrogens is 1. The normalized spacial score (nSPS) is 12.6. The van der Waals surface area contributed by atoms with Crippen LogP contribution < -0.4 is 5.32 Å². The van der Waals surface area contributed by atoms with Crippen LogP contribution in [-0.2, 0) is 6.54 Å². The first-order valence-corrected chi connectivity index (χ1v) is 6.18. The van der Waals surface area contributed by atoms with Crippen molar-refractivity contribution < 1.29 is 8.78 Å². The summed E-state index contributed by atoms with van der Waals surface area (Å²) in [5.74, 6) is 0. The van der Waals surface area contributed by atoms with Gasteiger partial charge in [-0.05, 0) is 30.7 Å². The predicted molar refractivity (Wildman–Crippen MR) is 70.9 cm³/mol. The van der Waals surface area contributed by atoms with Gasteiger partial charge >= 0.3 is 0 Å². The molecule has 1 atom stereocenters. The van der Waals surface area contributed by atoms with E-state index >= 15 is 0 Å². The molecule has 0 bridgehead atoms. The summed E-state index contributed by atoms with van der Waals surface area (Å²) in [7, 11) is 0. The lowest BCUT2D eigenvalue weighted by Crippen LogP contribution is -2.19. The van der Waals surface area contributed by atoms with Crippen LogP contribution in [0.15, 0.2) is 48.7 Å². The molecule has 0 unspecified atom stereocenters. The lowest BCUT2D eigenvalue weighted by atomic mass is 10.1. The van der Waals surface area contributed by atoms with Gasteiger partial charge in [0.25, 0.3) is 6.43 Å². The topological polar surface area (TPSA) is 24.9 Å². The Kier molecular flexibility index (Phi) is 4.58. The van der Waals surface area contributed by atoms with Gasteiger partial charge in [0.2, 0.25) is 0 Å². The summed E-state index contributed by atoms with van der Waals surface area (Å²) in [4.78, 5) is 4.25. The Morgan fingerprint density at radius 3 is 2.68 bits per heavy atom. The zero-order valence-electron chi connectivity index (χ0n) is 10.7. The van der Waals surface area contributed by atoms with Crippen molar-refractivity contribution in [2.75, 3.05) is 0 Å². The van der Waals surface area contributed by atoms with E-state index in [1.807, 2.05) is 31.2 Å². The summed E-state index contributed by atoms with van der Waals surface area (Å²) in [6, 6.07) is 12.3. The number of nitrogens with zero attached hydrogens (tertiary/aromatic N) is 1. The van der Waals surface area contributed by atoms with Crippen LogP contribution in [-0.4, -0.2) is 4.98 Å². The van der Waals surface area contributed by atoms with Crippen molar-refractivity contribution in [2.24, 2.45) is 0 Å². The van der Waals surface area contributed by atoms with Gasteiger partial charge in [0, 0.05) is 24.3 Å². The number of hydrogen-bond donors (Lipinski definition) is 1. The van der Waals surface area contributed by atoms with E-state index < -0.39 is 6.43 Å². The average molecular weight is 262 g/mol. The van der Waals surface area contributed by atoms with Gasteiger partial charge in [0.05, 0.1) is 5.69 Å². The third-order valence-electron chi connectivity index (χ3n) is 2.95. The minimum absolute atomic E-state index is 0.0600. The molecule has 2 nitrogen and oxygen atoms in total. The van der Waals surface area contributed by atoms with Crippen molar-refractivity contribution in [3.05, 3.63) is 65.5 Å². The molecule has 0 aliphatic rings. The molecule has 0 saturated carbocycles. The van der Waals surface area contributed by atoms with Gasteiger partial charge in [-0.25, -0.2) is 8.78 Å². The number of benzene rings is 1. The third-order valence-corrected chi connectivity index (χ3v) is 2.95. The van der Waals surface area contributed by atoms with Crippen molar-refractivity contribution in [1.29, 1.82) is 0 Å². The molecule has 1 aromatic heterocycles. The van der Waals surface area contributed by atoms with Gasteiger partial charge in [-0.15, -0.1) is 0 Å². The number of pyridine rings is 1. The molecule has 0 saturated heterocycles. The number of rotatable bonds is 5. The van der Waals surface area contributed by atoms with Crippen LogP contribution in [0.4, 0.5) is 8.78 Å². The van der Waals surface area contributed by atoms with Crippen LogP contribution in [0.5, 0.6) is 0 Å². The number of hydrogen-bond acceptors (Lipinski definition) is 2. The molecule has 0 radical (unpaired) electrons. The van der Waals surface area contributed by atoms with E-state index in [1.54, 1.807) is 12.3 Å². The molecule has 0 aliphatic heterocycles. The van der Waals surface area contributed by atoms with Crippen molar-refractivity contribution in [1.82, 2.24) is 10.3 Å². The van der Waals surface area contributed by atoms with Crippen molar-refractivity contribution in [3.8, 4) is 0 Å². The molecule has 4 heteroatoms. The Labute approximate surface area is 111 Å². The van der Waals surface area contributed by atoms with E-state index in [4.69, 9.17) is 0 Å². The highest BCUT2D eigenvalue weighted by atomic mass is 19.3. The quantitative estimate of drug-likeness (QED) is 0.884. The summed E-state index contributed by atoms with van der Waals surface area (Å²) in [6.45, 7) is 2.54. The number of nitrogens with one attached hydrogen (secondary N) is 1. The van der Waals surface area contributed by atoms with Crippen LogP contribution in [0.2, 0.25) is 0 Å². The summed E-state index contributed by atoms with van der Waals surface area (Å²) in [5, 5.41) is 3.27. The SMILES string of the molecule is C[C@@H](NCc1cccc(C(F)F)c1)c1ccccn1. The molecule has 1 heterocycles. The lowest BCUT2D eigenvalue weighted by Gasteiger charge is -2.13. The maximum atomic E-state index is 12.6. The van der Waals surface area contributed by atoms with Gasteiger partial charge in [-0.3, -0.25) is 4.98 Å². The molecule has 0 spiro atoms. The van der Waals surface area contributed by atoms with E-state index in [1.165, 1.54) is 12.1 Å². The van der Waals surface area contributed by atoms with Gasteiger partial charge in [0.15, 0.2) is 0 Å². The Bertz CT molecular complexity index is 515. The van der Waals surface area contributed by atoms with Crippen molar-refractivity contribution in [2.45, 2.75) is 25.9 Å². The first kappa shape index (κ1) is 13.6. The van der Waals surface area contributed by atoms with E-state index in [9.17, 15) is 8.78 Å². The molecular weight excluding hydrogens is 246 g/mol. The molecule has 1 aromatic carbocycles. The van der Waals surface area contributed by atoms with Crippen molar-refractivity contribution in [3.63, 3.8) is 0 Å². The van der Waals surface area contributed by atoms with Crippen LogP contribution >= 0.6 is 0 Å². The fraction of sp³-hybridized carbons (Fsp3) is 0.267. The monoisotopic (exact) mass is 262 g/mol. The smallest absolute Gasteiger partial charge is 0.263 e. The lowest BCUT2D eigenvalue weighted by molar-refractivity contribution is 0.151. The molecule has 2 rings (SSSR count). The molecule has 2 aromatic rings. The zero-order chi connectivity index (χ0) is 13.7. The summed E-state index contributed by atoms with van der Waals surface area (Å²) in [5.41, 5.74) is 1.85. The molecular formula is C15H16F2N2. The number of halogens is 2. The fourth-order valence-corrected chi connectivity index (χ4v) is 1.85. The first-order valence-electron chi connectivity index (χ1n) is 6.18. The molecule has 0 aliphatic carbocycles. The van der Waals surface area contributed by atoms with Gasteiger partial charge in [0.1, 0.15) is 0 Å². The van der Waals surface area contributed by atoms with E-state index in [2.05, 4.69) is 10.3 Å². The van der Waals surface area contributed by atoms with E-state index in [-0.39, 0.29) is 11.6 Å². The highest BCUT2D eigenvalue weighted by Crippen LogP contribution is 2.19. The van der Waals surface area contributed by atoms with Crippen molar-refractivity contribution >= 4 is 0 Å². The van der Waals surface area contributed by atoms with Gasteiger partial charge < -0.3 is 5.32 Å². The summed E-state index contributed by atoms with van der Waals surface area (Å²) < 4.78 is 25.2.